The van der Waals surface area contributed by atoms with Crippen LogP contribution in [0.3, 0.4) is 0 Å². The average molecular weight is 311 g/mol. The topological polar surface area (TPSA) is 21.3 Å². The molecule has 1 aromatic carbocycles. The SMILES string of the molecule is COCC(CCl)NCc1ccc(F)c(Br)c1. The molecule has 0 aliphatic heterocycles. The van der Waals surface area contributed by atoms with E-state index in [-0.39, 0.29) is 11.9 Å². The highest BCUT2D eigenvalue weighted by atomic mass is 79.9. The summed E-state index contributed by atoms with van der Waals surface area (Å²) in [5.74, 6) is 0.227. The summed E-state index contributed by atoms with van der Waals surface area (Å²) in [7, 11) is 1.63. The molecular weight excluding hydrogens is 296 g/mol. The fourth-order valence-electron chi connectivity index (χ4n) is 1.27. The van der Waals surface area contributed by atoms with E-state index in [4.69, 9.17) is 16.3 Å². The first-order chi connectivity index (χ1) is 7.67. The van der Waals surface area contributed by atoms with Gasteiger partial charge in [-0.2, -0.15) is 0 Å². The van der Waals surface area contributed by atoms with Crippen LogP contribution in [-0.4, -0.2) is 25.6 Å². The van der Waals surface area contributed by atoms with E-state index in [1.807, 2.05) is 0 Å². The molecule has 0 aromatic heterocycles. The molecule has 0 bridgehead atoms. The number of rotatable bonds is 6. The third kappa shape index (κ3) is 4.37. The highest BCUT2D eigenvalue weighted by Crippen LogP contribution is 2.16. The minimum absolute atomic E-state index is 0.107. The van der Waals surface area contributed by atoms with Gasteiger partial charge in [-0.1, -0.05) is 6.07 Å². The normalized spacial score (nSPS) is 12.8. The number of hydrogen-bond donors (Lipinski definition) is 1. The summed E-state index contributed by atoms with van der Waals surface area (Å²) in [6, 6.07) is 5.04. The van der Waals surface area contributed by atoms with Crippen LogP contribution in [0.2, 0.25) is 0 Å². The highest BCUT2D eigenvalue weighted by Gasteiger charge is 2.06. The molecule has 1 aromatic rings. The van der Waals surface area contributed by atoms with Crippen molar-refractivity contribution in [3.63, 3.8) is 0 Å². The predicted molar refractivity (Wildman–Crippen MR) is 67.3 cm³/mol. The fourth-order valence-corrected chi connectivity index (χ4v) is 1.90. The Bertz CT molecular complexity index is 338. The second-order valence-electron chi connectivity index (χ2n) is 3.44. The molecule has 0 saturated heterocycles. The fraction of sp³-hybridized carbons (Fsp3) is 0.455. The van der Waals surface area contributed by atoms with Crippen molar-refractivity contribution in [1.82, 2.24) is 5.32 Å². The summed E-state index contributed by atoms with van der Waals surface area (Å²) in [5.41, 5.74) is 1.000. The van der Waals surface area contributed by atoms with Crippen molar-refractivity contribution in [2.24, 2.45) is 0 Å². The van der Waals surface area contributed by atoms with Crippen LogP contribution in [0.15, 0.2) is 22.7 Å². The van der Waals surface area contributed by atoms with Crippen molar-refractivity contribution < 1.29 is 9.13 Å². The van der Waals surface area contributed by atoms with Crippen LogP contribution in [0.4, 0.5) is 4.39 Å². The van der Waals surface area contributed by atoms with E-state index < -0.39 is 0 Å². The van der Waals surface area contributed by atoms with Gasteiger partial charge >= 0.3 is 0 Å². The number of halogens is 3. The smallest absolute Gasteiger partial charge is 0.137 e. The maximum Gasteiger partial charge on any atom is 0.137 e. The van der Waals surface area contributed by atoms with Gasteiger partial charge in [-0.3, -0.25) is 0 Å². The van der Waals surface area contributed by atoms with E-state index in [1.165, 1.54) is 6.07 Å². The number of alkyl halides is 1. The van der Waals surface area contributed by atoms with E-state index in [2.05, 4.69) is 21.2 Å². The maximum atomic E-state index is 13.0. The van der Waals surface area contributed by atoms with Crippen LogP contribution in [0, 0.1) is 5.82 Å². The van der Waals surface area contributed by atoms with E-state index in [0.717, 1.165) is 5.56 Å². The van der Waals surface area contributed by atoms with Crippen molar-refractivity contribution in [3.8, 4) is 0 Å². The summed E-state index contributed by atoms with van der Waals surface area (Å²) in [4.78, 5) is 0. The van der Waals surface area contributed by atoms with E-state index in [1.54, 1.807) is 19.2 Å². The average Bonchev–Trinajstić information content (AvgIpc) is 2.28. The van der Waals surface area contributed by atoms with Crippen molar-refractivity contribution in [3.05, 3.63) is 34.1 Å². The number of hydrogen-bond acceptors (Lipinski definition) is 2. The van der Waals surface area contributed by atoms with Gasteiger partial charge in [-0.05, 0) is 33.6 Å². The summed E-state index contributed by atoms with van der Waals surface area (Å²) < 4.78 is 18.5. The van der Waals surface area contributed by atoms with Crippen molar-refractivity contribution >= 4 is 27.5 Å². The van der Waals surface area contributed by atoms with Gasteiger partial charge < -0.3 is 10.1 Å². The van der Waals surface area contributed by atoms with Crippen molar-refractivity contribution in [1.29, 1.82) is 0 Å². The number of ether oxygens (including phenoxy) is 1. The molecule has 0 radical (unpaired) electrons. The lowest BCUT2D eigenvalue weighted by atomic mass is 10.2. The zero-order valence-electron chi connectivity index (χ0n) is 8.97. The number of methoxy groups -OCH3 is 1. The van der Waals surface area contributed by atoms with Gasteiger partial charge in [-0.25, -0.2) is 4.39 Å². The predicted octanol–water partition coefficient (Wildman–Crippen LogP) is 2.93. The molecule has 0 saturated carbocycles. The molecule has 0 fully saturated rings. The van der Waals surface area contributed by atoms with Gasteiger partial charge in [0.25, 0.3) is 0 Å². The van der Waals surface area contributed by atoms with Gasteiger partial charge in [0, 0.05) is 25.6 Å². The van der Waals surface area contributed by atoms with Crippen molar-refractivity contribution in [2.75, 3.05) is 19.6 Å². The Morgan fingerprint density at radius 2 is 2.31 bits per heavy atom. The molecule has 0 spiro atoms. The quantitative estimate of drug-likeness (QED) is 0.816. The molecule has 2 nitrogen and oxygen atoms in total. The summed E-state index contributed by atoms with van der Waals surface area (Å²) in [6.07, 6.45) is 0. The minimum Gasteiger partial charge on any atom is -0.383 e. The Morgan fingerprint density at radius 3 is 2.88 bits per heavy atom. The molecule has 90 valence electrons. The molecule has 1 N–H and O–H groups in total. The lowest BCUT2D eigenvalue weighted by Gasteiger charge is -2.15. The van der Waals surface area contributed by atoms with Crippen LogP contribution in [0.5, 0.6) is 0 Å². The van der Waals surface area contributed by atoms with E-state index in [9.17, 15) is 4.39 Å². The summed E-state index contributed by atoms with van der Waals surface area (Å²) in [5, 5.41) is 3.23. The standard InChI is InChI=1S/C11H14BrClFNO/c1-16-7-9(5-13)15-6-8-2-3-11(14)10(12)4-8/h2-4,9,15H,5-7H2,1H3. The van der Waals surface area contributed by atoms with Gasteiger partial charge in [0.15, 0.2) is 0 Å². The van der Waals surface area contributed by atoms with Crippen LogP contribution in [0.1, 0.15) is 5.56 Å². The van der Waals surface area contributed by atoms with Gasteiger partial charge in [-0.15, -0.1) is 11.6 Å². The molecule has 5 heteroatoms. The second-order valence-corrected chi connectivity index (χ2v) is 4.60. The van der Waals surface area contributed by atoms with Gasteiger partial charge in [0.1, 0.15) is 5.82 Å². The van der Waals surface area contributed by atoms with Crippen LogP contribution in [0.25, 0.3) is 0 Å². The molecule has 0 amide bonds. The molecule has 0 heterocycles. The molecule has 16 heavy (non-hydrogen) atoms. The van der Waals surface area contributed by atoms with Crippen LogP contribution in [-0.2, 0) is 11.3 Å². The Labute approximate surface area is 108 Å². The lowest BCUT2D eigenvalue weighted by Crippen LogP contribution is -2.34. The first-order valence-electron chi connectivity index (χ1n) is 4.89. The molecular formula is C11H14BrClFNO. The lowest BCUT2D eigenvalue weighted by molar-refractivity contribution is 0.172. The Hall–Kier alpha value is -0.160. The number of benzene rings is 1. The first-order valence-corrected chi connectivity index (χ1v) is 6.22. The zero-order valence-corrected chi connectivity index (χ0v) is 11.3. The maximum absolute atomic E-state index is 13.0. The molecule has 1 atom stereocenters. The zero-order chi connectivity index (χ0) is 12.0. The highest BCUT2D eigenvalue weighted by molar-refractivity contribution is 9.10. The Balaban J connectivity index is 2.50. The largest absolute Gasteiger partial charge is 0.383 e. The first kappa shape index (κ1) is 13.9. The monoisotopic (exact) mass is 309 g/mol. The Kier molecular flexibility index (Phi) is 6.28. The molecule has 1 unspecified atom stereocenters. The third-order valence-corrected chi connectivity index (χ3v) is 3.11. The van der Waals surface area contributed by atoms with E-state index >= 15 is 0 Å². The molecule has 0 aliphatic carbocycles. The Morgan fingerprint density at radius 1 is 1.56 bits per heavy atom. The summed E-state index contributed by atoms with van der Waals surface area (Å²) >= 11 is 8.90. The second kappa shape index (κ2) is 7.22. The van der Waals surface area contributed by atoms with Gasteiger partial charge in [0.2, 0.25) is 0 Å². The van der Waals surface area contributed by atoms with Crippen LogP contribution < -0.4 is 5.32 Å². The third-order valence-electron chi connectivity index (χ3n) is 2.13. The molecule has 0 aliphatic rings. The number of nitrogens with one attached hydrogen (secondary N) is 1. The molecule has 1 rings (SSSR count). The van der Waals surface area contributed by atoms with Crippen LogP contribution >= 0.6 is 27.5 Å². The summed E-state index contributed by atoms with van der Waals surface area (Å²) in [6.45, 7) is 1.20. The van der Waals surface area contributed by atoms with Gasteiger partial charge in [0.05, 0.1) is 11.1 Å². The van der Waals surface area contributed by atoms with E-state index in [0.29, 0.717) is 23.5 Å². The minimum atomic E-state index is -0.255. The van der Waals surface area contributed by atoms with Crippen molar-refractivity contribution in [2.45, 2.75) is 12.6 Å².